The third-order valence-corrected chi connectivity index (χ3v) is 2.95. The van der Waals surface area contributed by atoms with Gasteiger partial charge < -0.3 is 20.6 Å². The zero-order valence-corrected chi connectivity index (χ0v) is 10.7. The summed E-state index contributed by atoms with van der Waals surface area (Å²) in [6, 6.07) is 4.42. The van der Waals surface area contributed by atoms with Crippen molar-refractivity contribution in [3.63, 3.8) is 0 Å². The standard InChI is InChI=1S/C12H16ClNO4/c1-14-6-5-9(15)11(16)7-3-2-4-8(13)10(7)12(17)18/h2-4,9,11,14-16H,5-6H2,1H3,(H,17,18). The number of carboxylic acid groups (broad SMARTS) is 1. The molecule has 6 heteroatoms. The monoisotopic (exact) mass is 273 g/mol. The van der Waals surface area contributed by atoms with Crippen LogP contribution < -0.4 is 5.32 Å². The molecule has 2 unspecified atom stereocenters. The number of aromatic carboxylic acids is 1. The van der Waals surface area contributed by atoms with Crippen molar-refractivity contribution in [2.75, 3.05) is 13.6 Å². The van der Waals surface area contributed by atoms with E-state index in [0.29, 0.717) is 13.0 Å². The van der Waals surface area contributed by atoms with Crippen LogP contribution >= 0.6 is 11.6 Å². The average Bonchev–Trinajstić information content (AvgIpc) is 2.34. The van der Waals surface area contributed by atoms with Gasteiger partial charge in [-0.1, -0.05) is 23.7 Å². The maximum absolute atomic E-state index is 11.1. The first-order valence-corrected chi connectivity index (χ1v) is 5.89. The molecule has 0 saturated carbocycles. The molecule has 1 aromatic carbocycles. The molecule has 0 saturated heterocycles. The van der Waals surface area contributed by atoms with Gasteiger partial charge in [0.1, 0.15) is 6.10 Å². The van der Waals surface area contributed by atoms with E-state index >= 15 is 0 Å². The van der Waals surface area contributed by atoms with E-state index in [-0.39, 0.29) is 16.1 Å². The Morgan fingerprint density at radius 3 is 2.67 bits per heavy atom. The van der Waals surface area contributed by atoms with E-state index in [1.165, 1.54) is 18.2 Å². The summed E-state index contributed by atoms with van der Waals surface area (Å²) < 4.78 is 0. The number of carbonyl (C=O) groups is 1. The molecule has 0 fully saturated rings. The van der Waals surface area contributed by atoms with Crippen molar-refractivity contribution < 1.29 is 20.1 Å². The maximum atomic E-state index is 11.1. The van der Waals surface area contributed by atoms with Crippen LogP contribution in [-0.2, 0) is 0 Å². The molecule has 0 aliphatic rings. The Hall–Kier alpha value is -1.14. The molecule has 0 heterocycles. The van der Waals surface area contributed by atoms with Crippen LogP contribution in [0.4, 0.5) is 0 Å². The number of benzene rings is 1. The van der Waals surface area contributed by atoms with Crippen LogP contribution in [0.5, 0.6) is 0 Å². The van der Waals surface area contributed by atoms with E-state index in [9.17, 15) is 15.0 Å². The zero-order valence-electron chi connectivity index (χ0n) is 9.93. The third-order valence-electron chi connectivity index (χ3n) is 2.63. The molecule has 0 amide bonds. The molecule has 18 heavy (non-hydrogen) atoms. The number of hydrogen-bond donors (Lipinski definition) is 4. The number of rotatable bonds is 6. The van der Waals surface area contributed by atoms with E-state index in [1.54, 1.807) is 7.05 Å². The van der Waals surface area contributed by atoms with Gasteiger partial charge in [0.05, 0.1) is 16.7 Å². The smallest absolute Gasteiger partial charge is 0.337 e. The highest BCUT2D eigenvalue weighted by Crippen LogP contribution is 2.27. The largest absolute Gasteiger partial charge is 0.478 e. The van der Waals surface area contributed by atoms with Gasteiger partial charge in [-0.25, -0.2) is 4.79 Å². The van der Waals surface area contributed by atoms with E-state index in [0.717, 1.165) is 0 Å². The van der Waals surface area contributed by atoms with Crippen molar-refractivity contribution in [1.29, 1.82) is 0 Å². The Labute approximate surface area is 110 Å². The lowest BCUT2D eigenvalue weighted by atomic mass is 9.97. The van der Waals surface area contributed by atoms with Crippen molar-refractivity contribution in [2.24, 2.45) is 0 Å². The minimum Gasteiger partial charge on any atom is -0.478 e. The molecular weight excluding hydrogens is 258 g/mol. The number of aliphatic hydroxyl groups excluding tert-OH is 2. The van der Waals surface area contributed by atoms with Crippen LogP contribution in [0.15, 0.2) is 18.2 Å². The summed E-state index contributed by atoms with van der Waals surface area (Å²) in [5.74, 6) is -1.23. The molecule has 0 aliphatic heterocycles. The quantitative estimate of drug-likeness (QED) is 0.622. The SMILES string of the molecule is CNCCC(O)C(O)c1cccc(Cl)c1C(=O)O. The summed E-state index contributed by atoms with van der Waals surface area (Å²) in [7, 11) is 1.72. The summed E-state index contributed by atoms with van der Waals surface area (Å²) in [4.78, 5) is 11.1. The molecular formula is C12H16ClNO4. The number of nitrogens with one attached hydrogen (secondary N) is 1. The van der Waals surface area contributed by atoms with E-state index < -0.39 is 18.2 Å². The highest BCUT2D eigenvalue weighted by molar-refractivity contribution is 6.33. The summed E-state index contributed by atoms with van der Waals surface area (Å²) in [5.41, 5.74) is -0.0474. The second kappa shape index (κ2) is 6.70. The number of halogens is 1. The second-order valence-corrected chi connectivity index (χ2v) is 4.32. The minimum absolute atomic E-state index is 0.0415. The van der Waals surface area contributed by atoms with Gasteiger partial charge >= 0.3 is 5.97 Å². The Kier molecular flexibility index (Phi) is 5.55. The molecule has 4 N–H and O–H groups in total. The van der Waals surface area contributed by atoms with Gasteiger partial charge in [-0.05, 0) is 31.6 Å². The van der Waals surface area contributed by atoms with Crippen molar-refractivity contribution in [2.45, 2.75) is 18.6 Å². The number of carboxylic acids is 1. The molecule has 5 nitrogen and oxygen atoms in total. The highest BCUT2D eigenvalue weighted by Gasteiger charge is 2.24. The van der Waals surface area contributed by atoms with Crippen molar-refractivity contribution >= 4 is 17.6 Å². The molecule has 2 atom stereocenters. The fourth-order valence-electron chi connectivity index (χ4n) is 1.67. The molecule has 1 aromatic rings. The average molecular weight is 274 g/mol. The Bertz CT molecular complexity index is 425. The van der Waals surface area contributed by atoms with Crippen molar-refractivity contribution in [3.8, 4) is 0 Å². The van der Waals surface area contributed by atoms with Gasteiger partial charge in [0.25, 0.3) is 0 Å². The normalized spacial score (nSPS) is 14.2. The van der Waals surface area contributed by atoms with E-state index in [1.807, 2.05) is 0 Å². The minimum atomic E-state index is -1.27. The van der Waals surface area contributed by atoms with E-state index in [4.69, 9.17) is 16.7 Å². The van der Waals surface area contributed by atoms with Crippen LogP contribution in [0, 0.1) is 0 Å². The van der Waals surface area contributed by atoms with Crippen LogP contribution in [0.3, 0.4) is 0 Å². The first-order valence-electron chi connectivity index (χ1n) is 5.51. The van der Waals surface area contributed by atoms with Gasteiger partial charge in [-0.2, -0.15) is 0 Å². The van der Waals surface area contributed by atoms with Gasteiger partial charge in [-0.15, -0.1) is 0 Å². The van der Waals surface area contributed by atoms with Crippen molar-refractivity contribution in [3.05, 3.63) is 34.3 Å². The summed E-state index contributed by atoms with van der Waals surface area (Å²) in [5, 5.41) is 31.7. The van der Waals surface area contributed by atoms with Gasteiger partial charge in [-0.3, -0.25) is 0 Å². The highest BCUT2D eigenvalue weighted by atomic mass is 35.5. The predicted molar refractivity (Wildman–Crippen MR) is 67.9 cm³/mol. The molecule has 100 valence electrons. The molecule has 0 aliphatic carbocycles. The van der Waals surface area contributed by atoms with E-state index in [2.05, 4.69) is 5.32 Å². The van der Waals surface area contributed by atoms with Crippen LogP contribution in [0.25, 0.3) is 0 Å². The first kappa shape index (κ1) is 14.9. The Morgan fingerprint density at radius 2 is 2.11 bits per heavy atom. The summed E-state index contributed by atoms with van der Waals surface area (Å²) in [6.07, 6.45) is -2.01. The lowest BCUT2D eigenvalue weighted by Crippen LogP contribution is -2.24. The molecule has 0 spiro atoms. The summed E-state index contributed by atoms with van der Waals surface area (Å²) >= 11 is 5.79. The second-order valence-electron chi connectivity index (χ2n) is 3.91. The summed E-state index contributed by atoms with van der Waals surface area (Å²) in [6.45, 7) is 0.515. The third kappa shape index (κ3) is 3.43. The molecule has 0 aromatic heterocycles. The number of aliphatic hydroxyl groups is 2. The van der Waals surface area contributed by atoms with Crippen LogP contribution in [0.1, 0.15) is 28.4 Å². The maximum Gasteiger partial charge on any atom is 0.337 e. The van der Waals surface area contributed by atoms with Crippen molar-refractivity contribution in [1.82, 2.24) is 5.32 Å². The van der Waals surface area contributed by atoms with Crippen LogP contribution in [-0.4, -0.2) is 41.0 Å². The number of hydrogen-bond acceptors (Lipinski definition) is 4. The Balaban J connectivity index is 3.01. The lowest BCUT2D eigenvalue weighted by molar-refractivity contribution is 0.0131. The van der Waals surface area contributed by atoms with Crippen LogP contribution in [0.2, 0.25) is 5.02 Å². The lowest BCUT2D eigenvalue weighted by Gasteiger charge is -2.20. The molecule has 1 rings (SSSR count). The van der Waals surface area contributed by atoms with Gasteiger partial charge in [0, 0.05) is 0 Å². The van der Waals surface area contributed by atoms with Gasteiger partial charge in [0.2, 0.25) is 0 Å². The molecule has 0 radical (unpaired) electrons. The molecule has 0 bridgehead atoms. The van der Waals surface area contributed by atoms with Gasteiger partial charge in [0.15, 0.2) is 0 Å². The first-order chi connectivity index (χ1) is 8.49. The fraction of sp³-hybridized carbons (Fsp3) is 0.417. The predicted octanol–water partition coefficient (Wildman–Crippen LogP) is 1.04. The Morgan fingerprint density at radius 1 is 1.44 bits per heavy atom. The fourth-order valence-corrected chi connectivity index (χ4v) is 1.93. The topological polar surface area (TPSA) is 89.8 Å². The zero-order chi connectivity index (χ0) is 13.7.